The summed E-state index contributed by atoms with van der Waals surface area (Å²) in [5.41, 5.74) is 9.69. The Morgan fingerprint density at radius 3 is 2.27 bits per heavy atom. The largest absolute Gasteiger partial charge is 0.308 e. The van der Waals surface area contributed by atoms with Crippen LogP contribution in [-0.4, -0.2) is 4.40 Å². The Labute approximate surface area is 150 Å². The lowest BCUT2D eigenvalue weighted by atomic mass is 10.0. The van der Waals surface area contributed by atoms with E-state index in [2.05, 4.69) is 83.3 Å². The molecule has 4 aromatic carbocycles. The van der Waals surface area contributed by atoms with Crippen molar-refractivity contribution in [2.24, 2.45) is 0 Å². The Morgan fingerprint density at radius 1 is 0.538 bits per heavy atom. The normalized spacial score (nSPS) is 13.2. The van der Waals surface area contributed by atoms with E-state index in [4.69, 9.17) is 0 Å². The fourth-order valence-electron chi connectivity index (χ4n) is 5.06. The molecule has 1 aliphatic carbocycles. The molecule has 6 aromatic rings. The van der Waals surface area contributed by atoms with Gasteiger partial charge in [0, 0.05) is 21.5 Å². The maximum absolute atomic E-state index is 2.47. The van der Waals surface area contributed by atoms with Crippen molar-refractivity contribution in [3.05, 3.63) is 90.0 Å². The molecule has 2 heterocycles. The molecule has 0 aliphatic heterocycles. The fourth-order valence-corrected chi connectivity index (χ4v) is 5.06. The van der Waals surface area contributed by atoms with Gasteiger partial charge in [-0.05, 0) is 46.9 Å². The smallest absolute Gasteiger partial charge is 0.0620 e. The van der Waals surface area contributed by atoms with Crippen molar-refractivity contribution in [3.8, 4) is 11.1 Å². The summed E-state index contributed by atoms with van der Waals surface area (Å²) < 4.78 is 2.47. The topological polar surface area (TPSA) is 4.41 Å². The summed E-state index contributed by atoms with van der Waals surface area (Å²) in [7, 11) is 0. The molecule has 1 heteroatoms. The molecule has 0 fully saturated rings. The lowest BCUT2D eigenvalue weighted by molar-refractivity contribution is 1.27. The first-order valence-electron chi connectivity index (χ1n) is 9.18. The van der Waals surface area contributed by atoms with Gasteiger partial charge in [-0.1, -0.05) is 60.7 Å². The molecule has 0 atom stereocenters. The summed E-state index contributed by atoms with van der Waals surface area (Å²) in [6, 6.07) is 29.2. The second-order valence-corrected chi connectivity index (χ2v) is 7.41. The van der Waals surface area contributed by atoms with Crippen molar-refractivity contribution in [2.75, 3.05) is 0 Å². The highest BCUT2D eigenvalue weighted by atomic mass is 14.9. The highest BCUT2D eigenvalue weighted by Crippen LogP contribution is 2.44. The Balaban J connectivity index is 1.75. The summed E-state index contributed by atoms with van der Waals surface area (Å²) in [5.74, 6) is 0. The molecule has 0 spiro atoms. The maximum atomic E-state index is 2.47. The second-order valence-electron chi connectivity index (χ2n) is 7.41. The van der Waals surface area contributed by atoms with E-state index in [1.165, 1.54) is 60.3 Å². The lowest BCUT2D eigenvalue weighted by Gasteiger charge is -2.03. The third-order valence-corrected chi connectivity index (χ3v) is 6.14. The average molecular weight is 329 g/mol. The van der Waals surface area contributed by atoms with Crippen molar-refractivity contribution < 1.29 is 0 Å². The fraction of sp³-hybridized carbons (Fsp3) is 0.0400. The monoisotopic (exact) mass is 329 g/mol. The summed E-state index contributed by atoms with van der Waals surface area (Å²) >= 11 is 0. The predicted octanol–water partition coefficient (Wildman–Crippen LogP) is 6.41. The first kappa shape index (κ1) is 13.0. The molecule has 0 saturated carbocycles. The molecule has 7 rings (SSSR count). The maximum Gasteiger partial charge on any atom is 0.0620 e. The quantitative estimate of drug-likeness (QED) is 0.303. The third-order valence-electron chi connectivity index (χ3n) is 6.14. The molecule has 0 radical (unpaired) electrons. The summed E-state index contributed by atoms with van der Waals surface area (Å²) in [5, 5.41) is 5.45. The molecule has 0 N–H and O–H groups in total. The SMILES string of the molecule is c1ccc2c(c1)Cc1cc3c4cccc5c6ccccc6n(c3cc1-2)c54. The summed E-state index contributed by atoms with van der Waals surface area (Å²) in [6.45, 7) is 0. The van der Waals surface area contributed by atoms with Gasteiger partial charge in [0.2, 0.25) is 0 Å². The number of benzene rings is 4. The minimum atomic E-state index is 1.05. The van der Waals surface area contributed by atoms with Crippen LogP contribution in [0.5, 0.6) is 0 Å². The van der Waals surface area contributed by atoms with Crippen LogP contribution < -0.4 is 0 Å². The number of hydrogen-bond donors (Lipinski definition) is 0. The third kappa shape index (κ3) is 1.36. The summed E-state index contributed by atoms with van der Waals surface area (Å²) in [4.78, 5) is 0. The van der Waals surface area contributed by atoms with E-state index in [1.807, 2.05) is 0 Å². The van der Waals surface area contributed by atoms with Crippen LogP contribution in [0.25, 0.3) is 49.2 Å². The number of fused-ring (bicyclic) bond motifs is 9. The van der Waals surface area contributed by atoms with Gasteiger partial charge in [0.1, 0.15) is 0 Å². The van der Waals surface area contributed by atoms with Gasteiger partial charge in [-0.15, -0.1) is 0 Å². The van der Waals surface area contributed by atoms with E-state index in [9.17, 15) is 0 Å². The van der Waals surface area contributed by atoms with E-state index in [-0.39, 0.29) is 0 Å². The lowest BCUT2D eigenvalue weighted by Crippen LogP contribution is -1.84. The number of hydrogen-bond acceptors (Lipinski definition) is 0. The molecule has 0 bridgehead atoms. The van der Waals surface area contributed by atoms with Crippen molar-refractivity contribution in [1.82, 2.24) is 4.40 Å². The van der Waals surface area contributed by atoms with Crippen LogP contribution in [0.3, 0.4) is 0 Å². The van der Waals surface area contributed by atoms with E-state index in [0.717, 1.165) is 6.42 Å². The molecule has 2 aromatic heterocycles. The Kier molecular flexibility index (Phi) is 2.12. The first-order chi connectivity index (χ1) is 12.9. The highest BCUT2D eigenvalue weighted by Gasteiger charge is 2.22. The molecule has 26 heavy (non-hydrogen) atoms. The van der Waals surface area contributed by atoms with Crippen molar-refractivity contribution in [2.45, 2.75) is 6.42 Å². The zero-order chi connectivity index (χ0) is 16.8. The zero-order valence-electron chi connectivity index (χ0n) is 14.2. The minimum Gasteiger partial charge on any atom is -0.308 e. The molecule has 0 saturated heterocycles. The van der Waals surface area contributed by atoms with Crippen LogP contribution in [0, 0.1) is 0 Å². The van der Waals surface area contributed by atoms with Crippen molar-refractivity contribution in [1.29, 1.82) is 0 Å². The number of aromatic nitrogens is 1. The van der Waals surface area contributed by atoms with Gasteiger partial charge in [0.15, 0.2) is 0 Å². The van der Waals surface area contributed by atoms with Crippen LogP contribution >= 0.6 is 0 Å². The van der Waals surface area contributed by atoms with E-state index >= 15 is 0 Å². The van der Waals surface area contributed by atoms with Crippen LogP contribution in [0.2, 0.25) is 0 Å². The summed E-state index contributed by atoms with van der Waals surface area (Å²) in [6.07, 6.45) is 1.05. The average Bonchev–Trinajstić information content (AvgIpc) is 3.32. The molecule has 0 unspecified atom stereocenters. The standard InChI is InChI=1S/C25H15N/c1-2-7-17-15(6-1)12-16-13-22-20-10-5-9-19-18-8-3-4-11-23(18)26(25(19)20)24(22)14-21(16)17/h1-11,13-14H,12H2. The number of para-hydroxylation sites is 2. The van der Waals surface area contributed by atoms with Gasteiger partial charge in [0.25, 0.3) is 0 Å². The predicted molar refractivity (Wildman–Crippen MR) is 109 cm³/mol. The molecular weight excluding hydrogens is 314 g/mol. The van der Waals surface area contributed by atoms with E-state index < -0.39 is 0 Å². The Bertz CT molecular complexity index is 1500. The van der Waals surface area contributed by atoms with Gasteiger partial charge in [0.05, 0.1) is 16.6 Å². The molecular formula is C25H15N. The van der Waals surface area contributed by atoms with Gasteiger partial charge in [-0.3, -0.25) is 0 Å². The first-order valence-corrected chi connectivity index (χ1v) is 9.18. The Morgan fingerprint density at radius 2 is 1.31 bits per heavy atom. The number of rotatable bonds is 0. The highest BCUT2D eigenvalue weighted by molar-refractivity contribution is 6.23. The second kappa shape index (κ2) is 4.25. The van der Waals surface area contributed by atoms with E-state index in [0.29, 0.717) is 0 Å². The molecule has 0 amide bonds. The Hall–Kier alpha value is -3.32. The van der Waals surface area contributed by atoms with Gasteiger partial charge in [-0.2, -0.15) is 0 Å². The molecule has 1 nitrogen and oxygen atoms in total. The molecule has 1 aliphatic rings. The van der Waals surface area contributed by atoms with Gasteiger partial charge < -0.3 is 4.40 Å². The van der Waals surface area contributed by atoms with Crippen LogP contribution in [0.1, 0.15) is 11.1 Å². The molecule has 120 valence electrons. The van der Waals surface area contributed by atoms with Crippen molar-refractivity contribution >= 4 is 38.1 Å². The number of nitrogens with zero attached hydrogens (tertiary/aromatic N) is 1. The van der Waals surface area contributed by atoms with Gasteiger partial charge in [-0.25, -0.2) is 0 Å². The zero-order valence-corrected chi connectivity index (χ0v) is 14.2. The van der Waals surface area contributed by atoms with Gasteiger partial charge >= 0.3 is 0 Å². The van der Waals surface area contributed by atoms with Crippen LogP contribution in [0.15, 0.2) is 78.9 Å². The van der Waals surface area contributed by atoms with Crippen LogP contribution in [-0.2, 0) is 6.42 Å². The van der Waals surface area contributed by atoms with Crippen LogP contribution in [0.4, 0.5) is 0 Å². The minimum absolute atomic E-state index is 1.05. The van der Waals surface area contributed by atoms with E-state index in [1.54, 1.807) is 0 Å². The van der Waals surface area contributed by atoms with Crippen molar-refractivity contribution in [3.63, 3.8) is 0 Å².